The highest BCUT2D eigenvalue weighted by atomic mass is 16.5. The second-order valence-corrected chi connectivity index (χ2v) is 28.8. The van der Waals surface area contributed by atoms with E-state index in [9.17, 15) is 19.8 Å². The fourth-order valence-electron chi connectivity index (χ4n) is 13.2. The third kappa shape index (κ3) is 76.8. The van der Waals surface area contributed by atoms with Crippen LogP contribution in [0.15, 0.2) is 48.6 Å². The van der Waals surface area contributed by atoms with Crippen LogP contribution in [-0.4, -0.2) is 47.4 Å². The molecule has 0 aliphatic heterocycles. The van der Waals surface area contributed by atoms with E-state index in [4.69, 9.17) is 4.74 Å². The predicted octanol–water partition coefficient (Wildman–Crippen LogP) is 27.9. The number of allylic oxidation sites excluding steroid dienone is 7. The van der Waals surface area contributed by atoms with Gasteiger partial charge in [0.1, 0.15) is 0 Å². The Morgan fingerprint density at radius 1 is 0.304 bits per heavy atom. The molecule has 0 aromatic heterocycles. The fourth-order valence-corrected chi connectivity index (χ4v) is 13.2. The molecular weight excluding hydrogens is 1130 g/mol. The van der Waals surface area contributed by atoms with Gasteiger partial charge in [-0.15, -0.1) is 0 Å². The van der Waals surface area contributed by atoms with Crippen LogP contribution in [-0.2, 0) is 14.3 Å². The average Bonchev–Trinajstić information content (AvgIpc) is 3.57. The molecule has 0 radical (unpaired) electrons. The minimum Gasteiger partial charge on any atom is -0.466 e. The molecular formula is C86H163NO5. The van der Waals surface area contributed by atoms with E-state index in [0.29, 0.717) is 19.4 Å². The highest BCUT2D eigenvalue weighted by molar-refractivity contribution is 5.76. The van der Waals surface area contributed by atoms with Gasteiger partial charge in [-0.3, -0.25) is 9.59 Å². The molecule has 2 unspecified atom stereocenters. The first-order chi connectivity index (χ1) is 45.5. The molecule has 0 saturated heterocycles. The number of aliphatic hydroxyl groups excluding tert-OH is 2. The monoisotopic (exact) mass is 1290 g/mol. The Labute approximate surface area is 576 Å². The van der Waals surface area contributed by atoms with Crippen LogP contribution in [0.4, 0.5) is 0 Å². The molecule has 1 amide bonds. The predicted molar refractivity (Wildman–Crippen MR) is 407 cm³/mol. The number of ether oxygens (including phenoxy) is 1. The normalized spacial score (nSPS) is 12.7. The molecule has 0 saturated carbocycles. The molecule has 0 heterocycles. The van der Waals surface area contributed by atoms with Gasteiger partial charge in [-0.25, -0.2) is 0 Å². The minimum absolute atomic E-state index is 0.0133. The van der Waals surface area contributed by atoms with E-state index < -0.39 is 12.1 Å². The summed E-state index contributed by atoms with van der Waals surface area (Å²) in [4.78, 5) is 24.6. The Morgan fingerprint density at radius 3 is 0.837 bits per heavy atom. The van der Waals surface area contributed by atoms with Gasteiger partial charge in [-0.1, -0.05) is 409 Å². The summed E-state index contributed by atoms with van der Waals surface area (Å²) >= 11 is 0. The summed E-state index contributed by atoms with van der Waals surface area (Å²) in [7, 11) is 0. The highest BCUT2D eigenvalue weighted by Gasteiger charge is 2.18. The van der Waals surface area contributed by atoms with Gasteiger partial charge in [-0.2, -0.15) is 0 Å². The van der Waals surface area contributed by atoms with Gasteiger partial charge in [0.15, 0.2) is 0 Å². The summed E-state index contributed by atoms with van der Waals surface area (Å²) in [6.45, 7) is 4.95. The number of rotatable bonds is 79. The van der Waals surface area contributed by atoms with E-state index in [1.54, 1.807) is 6.08 Å². The molecule has 92 heavy (non-hydrogen) atoms. The number of hydrogen-bond donors (Lipinski definition) is 3. The van der Waals surface area contributed by atoms with Crippen molar-refractivity contribution in [2.45, 2.75) is 475 Å². The lowest BCUT2D eigenvalue weighted by Gasteiger charge is -2.20. The fraction of sp³-hybridized carbons (Fsp3) is 0.884. The van der Waals surface area contributed by atoms with E-state index in [1.165, 1.54) is 385 Å². The molecule has 0 spiro atoms. The molecule has 0 aliphatic carbocycles. The quantitative estimate of drug-likeness (QED) is 0.0320. The van der Waals surface area contributed by atoms with Crippen molar-refractivity contribution < 1.29 is 24.5 Å². The maximum Gasteiger partial charge on any atom is 0.305 e. The Kier molecular flexibility index (Phi) is 79.3. The number of unbranched alkanes of at least 4 members (excludes halogenated alkanes) is 62. The molecule has 0 bridgehead atoms. The van der Waals surface area contributed by atoms with Gasteiger partial charge >= 0.3 is 5.97 Å². The van der Waals surface area contributed by atoms with Crippen LogP contribution < -0.4 is 5.32 Å². The lowest BCUT2D eigenvalue weighted by Crippen LogP contribution is -2.45. The number of esters is 1. The van der Waals surface area contributed by atoms with Gasteiger partial charge in [0.2, 0.25) is 5.91 Å². The second-order valence-electron chi connectivity index (χ2n) is 28.8. The molecule has 6 nitrogen and oxygen atoms in total. The van der Waals surface area contributed by atoms with Crippen LogP contribution in [0.3, 0.4) is 0 Å². The van der Waals surface area contributed by atoms with Crippen LogP contribution in [0.2, 0.25) is 0 Å². The summed E-state index contributed by atoms with van der Waals surface area (Å²) in [6, 6.07) is -0.627. The summed E-state index contributed by atoms with van der Waals surface area (Å²) in [5, 5.41) is 23.3. The largest absolute Gasteiger partial charge is 0.466 e. The van der Waals surface area contributed by atoms with Crippen molar-refractivity contribution >= 4 is 11.9 Å². The zero-order valence-electron chi connectivity index (χ0n) is 62.3. The number of carbonyl (C=O) groups excluding carboxylic acids is 2. The minimum atomic E-state index is -0.844. The topological polar surface area (TPSA) is 95.9 Å². The number of carbonyl (C=O) groups is 2. The van der Waals surface area contributed by atoms with Crippen molar-refractivity contribution in [3.05, 3.63) is 48.6 Å². The molecule has 0 aliphatic rings. The lowest BCUT2D eigenvalue weighted by atomic mass is 10.0. The van der Waals surface area contributed by atoms with Crippen molar-refractivity contribution in [2.75, 3.05) is 13.2 Å². The van der Waals surface area contributed by atoms with Crippen LogP contribution in [0, 0.1) is 0 Å². The summed E-state index contributed by atoms with van der Waals surface area (Å²) in [5.41, 5.74) is 0. The molecule has 0 aromatic rings. The summed E-state index contributed by atoms with van der Waals surface area (Å²) < 4.78 is 5.50. The maximum absolute atomic E-state index is 12.5. The Hall–Kier alpha value is -2.18. The first-order valence-electron chi connectivity index (χ1n) is 41.9. The summed E-state index contributed by atoms with van der Waals surface area (Å²) in [5.74, 6) is -0.0474. The van der Waals surface area contributed by atoms with Gasteiger partial charge in [0, 0.05) is 12.8 Å². The first-order valence-corrected chi connectivity index (χ1v) is 41.9. The average molecular weight is 1290 g/mol. The number of amides is 1. The smallest absolute Gasteiger partial charge is 0.305 e. The van der Waals surface area contributed by atoms with Crippen molar-refractivity contribution in [1.29, 1.82) is 0 Å². The Morgan fingerprint density at radius 2 is 0.543 bits per heavy atom. The molecule has 542 valence electrons. The Bertz CT molecular complexity index is 1540. The van der Waals surface area contributed by atoms with Gasteiger partial charge in [-0.05, 0) is 89.9 Å². The second kappa shape index (κ2) is 81.2. The third-order valence-corrected chi connectivity index (χ3v) is 19.6. The van der Waals surface area contributed by atoms with Crippen LogP contribution in [0.5, 0.6) is 0 Å². The van der Waals surface area contributed by atoms with Crippen molar-refractivity contribution in [1.82, 2.24) is 5.32 Å². The SMILES string of the molecule is CCCCCCCCC/C=C\CCCCCCCC(=O)OCCCCCCCCCCCCCCCCC/C=C\C/C=C\CCCCCCCCCCCCCCCCCCCC(=O)NC(CO)C(O)/C=C/CCCCCCCCCCCCCCCCCCCC. The van der Waals surface area contributed by atoms with E-state index in [2.05, 4.69) is 55.6 Å². The van der Waals surface area contributed by atoms with Crippen LogP contribution in [0.25, 0.3) is 0 Å². The zero-order valence-corrected chi connectivity index (χ0v) is 62.3. The standard InChI is InChI=1S/C86H163NO5/c1-3-5-7-9-11-13-15-17-19-21-22-44-47-50-54-58-62-66-70-74-78-84(89)83(82-88)87-85(90)79-75-71-67-63-59-55-51-48-45-42-40-38-36-34-32-30-28-26-24-23-25-27-29-31-33-35-37-39-41-43-46-49-53-57-61-65-69-73-77-81-92-86(91)80-76-72-68-64-60-56-52-20-18-16-14-12-10-8-6-4-2/h20,23-24,27,29,52,74,78,83-84,88-89H,3-19,21-22,25-26,28,30-51,53-73,75-77,79-82H2,1-2H3,(H,87,90)/b24-23-,29-27-,52-20-,78-74+. The number of aliphatic hydroxyl groups is 2. The van der Waals surface area contributed by atoms with Crippen molar-refractivity contribution in [3.8, 4) is 0 Å². The highest BCUT2D eigenvalue weighted by Crippen LogP contribution is 2.20. The van der Waals surface area contributed by atoms with Gasteiger partial charge in [0.25, 0.3) is 0 Å². The van der Waals surface area contributed by atoms with Gasteiger partial charge < -0.3 is 20.3 Å². The lowest BCUT2D eigenvalue weighted by molar-refractivity contribution is -0.143. The number of hydrogen-bond acceptors (Lipinski definition) is 5. The molecule has 0 aromatic carbocycles. The summed E-state index contributed by atoms with van der Waals surface area (Å²) in [6.07, 6.45) is 108. The molecule has 0 rings (SSSR count). The first kappa shape index (κ1) is 89.8. The maximum atomic E-state index is 12.5. The van der Waals surface area contributed by atoms with Crippen molar-refractivity contribution in [2.24, 2.45) is 0 Å². The molecule has 2 atom stereocenters. The van der Waals surface area contributed by atoms with E-state index in [-0.39, 0.29) is 18.5 Å². The molecule has 0 fully saturated rings. The van der Waals surface area contributed by atoms with E-state index >= 15 is 0 Å². The van der Waals surface area contributed by atoms with E-state index in [0.717, 1.165) is 51.4 Å². The van der Waals surface area contributed by atoms with Gasteiger partial charge in [0.05, 0.1) is 25.4 Å². The number of nitrogens with one attached hydrogen (secondary N) is 1. The third-order valence-electron chi connectivity index (χ3n) is 19.6. The molecule has 6 heteroatoms. The van der Waals surface area contributed by atoms with E-state index in [1.807, 2.05) is 6.08 Å². The van der Waals surface area contributed by atoms with Crippen LogP contribution in [0.1, 0.15) is 463 Å². The zero-order chi connectivity index (χ0) is 66.3. The van der Waals surface area contributed by atoms with Crippen molar-refractivity contribution in [3.63, 3.8) is 0 Å². The Balaban J connectivity index is 3.37. The molecule has 3 N–H and O–H groups in total. The van der Waals surface area contributed by atoms with Crippen LogP contribution >= 0.6 is 0 Å².